The number of hydrogen-bond donors (Lipinski definition) is 1. The van der Waals surface area contributed by atoms with Crippen LogP contribution >= 0.6 is 0 Å². The Bertz CT molecular complexity index is 777. The molecule has 1 aliphatic heterocycles. The van der Waals surface area contributed by atoms with E-state index in [2.05, 4.69) is 40.9 Å². The molecule has 1 aromatic carbocycles. The van der Waals surface area contributed by atoms with Crippen molar-refractivity contribution in [1.29, 1.82) is 0 Å². The number of carbonyl (C=O) groups is 1. The SMILES string of the molecule is CC(C)(C)c1ccccc1OCC(=O)NCCc1nnc2n1CCCCC2. The van der Waals surface area contributed by atoms with Gasteiger partial charge in [-0.2, -0.15) is 0 Å². The molecular formula is C21H30N4O2. The summed E-state index contributed by atoms with van der Waals surface area (Å²) in [6, 6.07) is 7.89. The van der Waals surface area contributed by atoms with Gasteiger partial charge in [-0.3, -0.25) is 4.79 Å². The molecule has 0 saturated carbocycles. The van der Waals surface area contributed by atoms with E-state index in [4.69, 9.17) is 4.74 Å². The van der Waals surface area contributed by atoms with Crippen LogP contribution in [0.2, 0.25) is 0 Å². The first-order chi connectivity index (χ1) is 12.9. The lowest BCUT2D eigenvalue weighted by atomic mass is 9.86. The number of nitrogens with one attached hydrogen (secondary N) is 1. The van der Waals surface area contributed by atoms with Gasteiger partial charge < -0.3 is 14.6 Å². The summed E-state index contributed by atoms with van der Waals surface area (Å²) in [5.41, 5.74) is 1.07. The van der Waals surface area contributed by atoms with Crippen LogP contribution in [-0.2, 0) is 29.6 Å². The van der Waals surface area contributed by atoms with E-state index in [1.165, 1.54) is 19.3 Å². The lowest BCUT2D eigenvalue weighted by Crippen LogP contribution is -2.31. The zero-order chi connectivity index (χ0) is 19.3. The zero-order valence-corrected chi connectivity index (χ0v) is 16.6. The predicted octanol–water partition coefficient (Wildman–Crippen LogP) is 3.04. The van der Waals surface area contributed by atoms with E-state index in [0.29, 0.717) is 13.0 Å². The first-order valence-electron chi connectivity index (χ1n) is 9.85. The average molecular weight is 370 g/mol. The van der Waals surface area contributed by atoms with Crippen molar-refractivity contribution >= 4 is 5.91 Å². The van der Waals surface area contributed by atoms with Crippen LogP contribution < -0.4 is 10.1 Å². The second-order valence-electron chi connectivity index (χ2n) is 8.13. The van der Waals surface area contributed by atoms with Crippen LogP contribution in [0.25, 0.3) is 0 Å². The van der Waals surface area contributed by atoms with Crippen molar-refractivity contribution in [2.45, 2.75) is 64.8 Å². The molecule has 0 bridgehead atoms. The Morgan fingerprint density at radius 3 is 2.81 bits per heavy atom. The summed E-state index contributed by atoms with van der Waals surface area (Å²) in [5, 5.41) is 11.5. The number of para-hydroxylation sites is 1. The molecule has 1 aromatic heterocycles. The number of benzene rings is 1. The largest absolute Gasteiger partial charge is 0.483 e. The lowest BCUT2D eigenvalue weighted by molar-refractivity contribution is -0.123. The fourth-order valence-corrected chi connectivity index (χ4v) is 3.45. The molecule has 6 nitrogen and oxygen atoms in total. The van der Waals surface area contributed by atoms with Crippen LogP contribution in [-0.4, -0.2) is 33.8 Å². The Morgan fingerprint density at radius 1 is 1.19 bits per heavy atom. The summed E-state index contributed by atoms with van der Waals surface area (Å²) in [6.07, 6.45) is 5.29. The van der Waals surface area contributed by atoms with Crippen LogP contribution in [0.5, 0.6) is 5.75 Å². The normalized spacial score (nSPS) is 14.3. The molecule has 27 heavy (non-hydrogen) atoms. The van der Waals surface area contributed by atoms with Gasteiger partial charge >= 0.3 is 0 Å². The topological polar surface area (TPSA) is 69.0 Å². The van der Waals surface area contributed by atoms with Gasteiger partial charge in [0.1, 0.15) is 17.4 Å². The van der Waals surface area contributed by atoms with Crippen molar-refractivity contribution in [1.82, 2.24) is 20.1 Å². The second kappa shape index (κ2) is 8.55. The number of rotatable bonds is 6. The van der Waals surface area contributed by atoms with Crippen LogP contribution in [0.1, 0.15) is 57.2 Å². The highest BCUT2D eigenvalue weighted by Crippen LogP contribution is 2.30. The van der Waals surface area contributed by atoms with Gasteiger partial charge in [-0.05, 0) is 29.9 Å². The van der Waals surface area contributed by atoms with Crippen molar-refractivity contribution in [2.75, 3.05) is 13.2 Å². The third kappa shape index (κ3) is 5.08. The van der Waals surface area contributed by atoms with E-state index >= 15 is 0 Å². The third-order valence-corrected chi connectivity index (χ3v) is 4.91. The minimum atomic E-state index is -0.116. The number of ether oxygens (including phenoxy) is 1. The van der Waals surface area contributed by atoms with E-state index in [1.54, 1.807) is 0 Å². The van der Waals surface area contributed by atoms with Gasteiger partial charge in [-0.15, -0.1) is 10.2 Å². The van der Waals surface area contributed by atoms with Crippen LogP contribution in [0.15, 0.2) is 24.3 Å². The van der Waals surface area contributed by atoms with Crippen LogP contribution in [0.4, 0.5) is 0 Å². The zero-order valence-electron chi connectivity index (χ0n) is 16.6. The number of hydrogen-bond acceptors (Lipinski definition) is 4. The maximum Gasteiger partial charge on any atom is 0.257 e. The van der Waals surface area contributed by atoms with Crippen molar-refractivity contribution < 1.29 is 9.53 Å². The molecule has 1 N–H and O–H groups in total. The molecule has 0 fully saturated rings. The average Bonchev–Trinajstić information content (AvgIpc) is 2.86. The summed E-state index contributed by atoms with van der Waals surface area (Å²) in [6.45, 7) is 7.95. The molecular weight excluding hydrogens is 340 g/mol. The fraction of sp³-hybridized carbons (Fsp3) is 0.571. The van der Waals surface area contributed by atoms with Crippen LogP contribution in [0.3, 0.4) is 0 Å². The summed E-state index contributed by atoms with van der Waals surface area (Å²) in [5.74, 6) is 2.69. The fourth-order valence-electron chi connectivity index (χ4n) is 3.45. The molecule has 0 aliphatic carbocycles. The first-order valence-corrected chi connectivity index (χ1v) is 9.85. The number of nitrogens with zero attached hydrogens (tertiary/aromatic N) is 3. The van der Waals surface area contributed by atoms with Crippen molar-refractivity contribution in [3.05, 3.63) is 41.5 Å². The molecule has 1 amide bonds. The van der Waals surface area contributed by atoms with Crippen LogP contribution in [0, 0.1) is 0 Å². The van der Waals surface area contributed by atoms with Crippen molar-refractivity contribution in [2.24, 2.45) is 0 Å². The van der Waals surface area contributed by atoms with Gasteiger partial charge in [0.15, 0.2) is 6.61 Å². The van der Waals surface area contributed by atoms with E-state index < -0.39 is 0 Å². The molecule has 146 valence electrons. The molecule has 0 atom stereocenters. The maximum atomic E-state index is 12.2. The minimum Gasteiger partial charge on any atom is -0.483 e. The molecule has 6 heteroatoms. The Hall–Kier alpha value is -2.37. The summed E-state index contributed by atoms with van der Waals surface area (Å²) >= 11 is 0. The molecule has 3 rings (SSSR count). The van der Waals surface area contributed by atoms with Gasteiger partial charge in [0, 0.05) is 25.9 Å². The molecule has 0 spiro atoms. The van der Waals surface area contributed by atoms with E-state index in [-0.39, 0.29) is 17.9 Å². The number of aryl methyl sites for hydroxylation is 1. The maximum absolute atomic E-state index is 12.2. The smallest absolute Gasteiger partial charge is 0.257 e. The number of aromatic nitrogens is 3. The third-order valence-electron chi connectivity index (χ3n) is 4.91. The first kappa shape index (κ1) is 19.4. The van der Waals surface area contributed by atoms with Gasteiger partial charge in [-0.1, -0.05) is 45.4 Å². The Labute approximate surface area is 161 Å². The molecule has 1 aliphatic rings. The Kier molecular flexibility index (Phi) is 6.14. The predicted molar refractivity (Wildman–Crippen MR) is 105 cm³/mol. The Morgan fingerprint density at radius 2 is 2.00 bits per heavy atom. The van der Waals surface area contributed by atoms with Gasteiger partial charge in [0.05, 0.1) is 0 Å². The molecule has 0 saturated heterocycles. The van der Waals surface area contributed by atoms with Gasteiger partial charge in [0.25, 0.3) is 5.91 Å². The lowest BCUT2D eigenvalue weighted by Gasteiger charge is -2.22. The van der Waals surface area contributed by atoms with Gasteiger partial charge in [0.2, 0.25) is 0 Å². The van der Waals surface area contributed by atoms with E-state index in [0.717, 1.165) is 35.9 Å². The standard InChI is InChI=1S/C21H30N4O2/c1-21(2,3)16-9-6-7-10-17(16)27-15-20(26)22-13-12-19-24-23-18-11-5-4-8-14-25(18)19/h6-7,9-10H,4-5,8,11-15H2,1-3H3,(H,22,26). The highest BCUT2D eigenvalue weighted by atomic mass is 16.5. The number of fused-ring (bicyclic) bond motifs is 1. The van der Waals surface area contributed by atoms with E-state index in [9.17, 15) is 4.79 Å². The molecule has 2 heterocycles. The molecule has 0 unspecified atom stereocenters. The number of carbonyl (C=O) groups excluding carboxylic acids is 1. The summed E-state index contributed by atoms with van der Waals surface area (Å²) < 4.78 is 7.99. The highest BCUT2D eigenvalue weighted by Gasteiger charge is 2.19. The highest BCUT2D eigenvalue weighted by molar-refractivity contribution is 5.77. The van der Waals surface area contributed by atoms with Gasteiger partial charge in [-0.25, -0.2) is 0 Å². The summed E-state index contributed by atoms with van der Waals surface area (Å²) in [7, 11) is 0. The monoisotopic (exact) mass is 370 g/mol. The second-order valence-corrected chi connectivity index (χ2v) is 8.13. The Balaban J connectivity index is 1.48. The molecule has 2 aromatic rings. The van der Waals surface area contributed by atoms with E-state index in [1.807, 2.05) is 24.3 Å². The minimum absolute atomic E-state index is 0.0189. The number of amides is 1. The van der Waals surface area contributed by atoms with Crippen molar-refractivity contribution in [3.8, 4) is 5.75 Å². The summed E-state index contributed by atoms with van der Waals surface area (Å²) in [4.78, 5) is 12.2. The quantitative estimate of drug-likeness (QED) is 0.849. The van der Waals surface area contributed by atoms with Crippen molar-refractivity contribution in [3.63, 3.8) is 0 Å². The molecule has 0 radical (unpaired) electrons.